The maximum atomic E-state index is 13.1. The van der Waals surface area contributed by atoms with Crippen LogP contribution in [0.2, 0.25) is 0 Å². The van der Waals surface area contributed by atoms with Gasteiger partial charge in [0.25, 0.3) is 0 Å². The predicted octanol–water partition coefficient (Wildman–Crippen LogP) is 2.77. The molecule has 0 saturated heterocycles. The highest BCUT2D eigenvalue weighted by Gasteiger charge is 2.26. The van der Waals surface area contributed by atoms with E-state index in [0.717, 1.165) is 41.5 Å². The first-order chi connectivity index (χ1) is 15.5. The summed E-state index contributed by atoms with van der Waals surface area (Å²) in [6.07, 6.45) is 5.54. The first-order valence-corrected chi connectivity index (χ1v) is 11.7. The van der Waals surface area contributed by atoms with Gasteiger partial charge >= 0.3 is 6.03 Å². The van der Waals surface area contributed by atoms with Crippen LogP contribution in [0.4, 0.5) is 10.5 Å². The highest BCUT2D eigenvalue weighted by atomic mass is 32.2. The molecule has 2 aliphatic rings. The number of carbonyl (C=O) groups excluding carboxylic acids is 1. The van der Waals surface area contributed by atoms with Crippen LogP contribution in [0.1, 0.15) is 17.5 Å². The number of nitrogens with one attached hydrogen (secondary N) is 1. The molecule has 0 radical (unpaired) electrons. The number of nitrogens with zero attached hydrogens (tertiary/aromatic N) is 4. The highest BCUT2D eigenvalue weighted by molar-refractivity contribution is 7.91. The lowest BCUT2D eigenvalue weighted by molar-refractivity contribution is 0.224. The van der Waals surface area contributed by atoms with Gasteiger partial charge in [0.05, 0.1) is 25.6 Å². The third-order valence-corrected chi connectivity index (χ3v) is 6.93. The number of urea groups is 1. The van der Waals surface area contributed by atoms with Crippen LogP contribution in [-0.2, 0) is 29.3 Å². The fourth-order valence-corrected chi connectivity index (χ4v) is 4.92. The van der Waals surface area contributed by atoms with Crippen LogP contribution >= 0.6 is 0 Å². The summed E-state index contributed by atoms with van der Waals surface area (Å²) in [6, 6.07) is 6.80. The van der Waals surface area contributed by atoms with Crippen LogP contribution in [0.15, 0.2) is 45.9 Å². The summed E-state index contributed by atoms with van der Waals surface area (Å²) in [5, 5.41) is 12.9. The van der Waals surface area contributed by atoms with Crippen molar-refractivity contribution in [3.8, 4) is 22.9 Å². The van der Waals surface area contributed by atoms with E-state index in [0.29, 0.717) is 30.6 Å². The Morgan fingerprint density at radius 3 is 3.00 bits per heavy atom. The zero-order chi connectivity index (χ0) is 22.3. The molecule has 1 aliphatic heterocycles. The number of rotatable bonds is 4. The molecule has 0 spiro atoms. The topological polar surface area (TPSA) is 134 Å². The van der Waals surface area contributed by atoms with Gasteiger partial charge in [-0.25, -0.2) is 23.8 Å². The van der Waals surface area contributed by atoms with E-state index in [1.165, 1.54) is 6.20 Å². The second-order valence-electron chi connectivity index (χ2n) is 7.54. The van der Waals surface area contributed by atoms with Gasteiger partial charge < -0.3 is 14.8 Å². The zero-order valence-corrected chi connectivity index (χ0v) is 18.2. The minimum Gasteiger partial charge on any atom is -0.481 e. The summed E-state index contributed by atoms with van der Waals surface area (Å²) in [4.78, 5) is 17.1. The Balaban J connectivity index is 1.50. The van der Waals surface area contributed by atoms with Gasteiger partial charge in [-0.05, 0) is 35.6 Å². The van der Waals surface area contributed by atoms with Crippen molar-refractivity contribution >= 4 is 21.6 Å². The van der Waals surface area contributed by atoms with E-state index in [1.807, 2.05) is 18.2 Å². The van der Waals surface area contributed by atoms with Crippen LogP contribution in [0.3, 0.4) is 0 Å². The van der Waals surface area contributed by atoms with Crippen LogP contribution in [0, 0.1) is 0 Å². The van der Waals surface area contributed by atoms with Gasteiger partial charge in [-0.3, -0.25) is 0 Å². The van der Waals surface area contributed by atoms with Crippen molar-refractivity contribution in [2.45, 2.75) is 30.7 Å². The second kappa shape index (κ2) is 7.92. The molecule has 0 bridgehead atoms. The molecule has 11 heteroatoms. The first kappa shape index (κ1) is 20.5. The van der Waals surface area contributed by atoms with E-state index < -0.39 is 15.9 Å². The number of carbonyl (C=O) groups is 1. The van der Waals surface area contributed by atoms with Gasteiger partial charge in [0.2, 0.25) is 11.8 Å². The number of anilines is 1. The van der Waals surface area contributed by atoms with Crippen molar-refractivity contribution in [2.75, 3.05) is 19.0 Å². The number of fused-ring (bicyclic) bond motifs is 2. The number of hydrogen-bond acceptors (Lipinski definition) is 6. The van der Waals surface area contributed by atoms with E-state index in [9.17, 15) is 9.00 Å². The summed E-state index contributed by atoms with van der Waals surface area (Å²) < 4.78 is 29.3. The number of ether oxygens (including phenoxy) is 2. The Labute approximate surface area is 185 Å². The van der Waals surface area contributed by atoms with Crippen LogP contribution in [0.25, 0.3) is 11.1 Å². The van der Waals surface area contributed by atoms with Crippen LogP contribution in [-0.4, -0.2) is 38.7 Å². The summed E-state index contributed by atoms with van der Waals surface area (Å²) in [5.41, 5.74) is 4.42. The predicted molar refractivity (Wildman–Crippen MR) is 118 cm³/mol. The number of benzene rings is 1. The lowest BCUT2D eigenvalue weighted by Crippen LogP contribution is -2.22. The molecular formula is C21H22N6O4S. The molecule has 1 aliphatic carbocycles. The van der Waals surface area contributed by atoms with Gasteiger partial charge in [0.15, 0.2) is 9.92 Å². The second-order valence-corrected chi connectivity index (χ2v) is 9.30. The molecule has 3 aromatic rings. The maximum absolute atomic E-state index is 13.1. The normalized spacial score (nSPS) is 15.9. The molecule has 2 amide bonds. The number of amides is 2. The van der Waals surface area contributed by atoms with E-state index in [2.05, 4.69) is 19.8 Å². The first-order valence-electron chi connectivity index (χ1n) is 10.2. The summed E-state index contributed by atoms with van der Waals surface area (Å²) in [6.45, 7) is 1.10. The minimum absolute atomic E-state index is 0.118. The third kappa shape index (κ3) is 3.59. The Hall–Kier alpha value is -3.44. The third-order valence-electron chi connectivity index (χ3n) is 5.59. The Bertz CT molecular complexity index is 1340. The number of hydrogen-bond donors (Lipinski definition) is 2. The minimum atomic E-state index is -3.55. The molecule has 10 nitrogen and oxygen atoms in total. The van der Waals surface area contributed by atoms with Gasteiger partial charge in [-0.1, -0.05) is 12.1 Å². The highest BCUT2D eigenvalue weighted by Crippen LogP contribution is 2.39. The van der Waals surface area contributed by atoms with Crippen molar-refractivity contribution in [2.24, 2.45) is 9.50 Å². The van der Waals surface area contributed by atoms with E-state index in [4.69, 9.17) is 14.6 Å². The van der Waals surface area contributed by atoms with Gasteiger partial charge in [-0.15, -0.1) is 4.36 Å². The van der Waals surface area contributed by atoms with Crippen molar-refractivity contribution < 1.29 is 18.5 Å². The lowest BCUT2D eigenvalue weighted by atomic mass is 9.84. The molecule has 1 unspecified atom stereocenters. The molecular weight excluding hydrogens is 432 g/mol. The Morgan fingerprint density at radius 1 is 1.34 bits per heavy atom. The van der Waals surface area contributed by atoms with Crippen molar-refractivity contribution in [3.63, 3.8) is 0 Å². The van der Waals surface area contributed by atoms with Crippen molar-refractivity contribution in [1.82, 2.24) is 14.8 Å². The molecule has 1 aromatic carbocycles. The number of pyridine rings is 1. The quantitative estimate of drug-likeness (QED) is 0.623. The average Bonchev–Trinajstić information content (AvgIpc) is 3.20. The molecule has 166 valence electrons. The summed E-state index contributed by atoms with van der Waals surface area (Å²) in [7, 11) is -2.00. The fraction of sp³-hybridized carbons (Fsp3) is 0.286. The monoisotopic (exact) mass is 454 g/mol. The fourth-order valence-electron chi connectivity index (χ4n) is 3.91. The zero-order valence-electron chi connectivity index (χ0n) is 17.4. The lowest BCUT2D eigenvalue weighted by Gasteiger charge is -2.25. The average molecular weight is 455 g/mol. The molecule has 0 saturated carbocycles. The summed E-state index contributed by atoms with van der Waals surface area (Å²) >= 11 is 0. The molecule has 5 rings (SSSR count). The smallest absolute Gasteiger partial charge is 0.354 e. The van der Waals surface area contributed by atoms with Crippen LogP contribution < -0.4 is 19.9 Å². The number of nitrogens with two attached hydrogens (primary N) is 1. The molecule has 1 atom stereocenters. The maximum Gasteiger partial charge on any atom is 0.354 e. The van der Waals surface area contributed by atoms with Gasteiger partial charge in [-0.2, -0.15) is 5.10 Å². The number of methoxy groups -OCH3 is 1. The Morgan fingerprint density at radius 2 is 2.22 bits per heavy atom. The standard InChI is InChI=1S/C21H22N6O4S/c1-30-18-11-14(7-8-23-18)16-6-4-13-3-5-15(13)19(16)25-21(28)26-32(22,29)17-12-24-27-9-2-10-31-20(17)27/h4,6-8,11-12H,2-3,5,9-10H2,1H3,(H3,22,25,26,28,29). The van der Waals surface area contributed by atoms with E-state index >= 15 is 0 Å². The van der Waals surface area contributed by atoms with Crippen molar-refractivity contribution in [1.29, 1.82) is 0 Å². The van der Waals surface area contributed by atoms with E-state index in [1.54, 1.807) is 24.1 Å². The molecule has 3 N–H and O–H groups in total. The molecule has 32 heavy (non-hydrogen) atoms. The van der Waals surface area contributed by atoms with Gasteiger partial charge in [0.1, 0.15) is 4.90 Å². The van der Waals surface area contributed by atoms with Crippen LogP contribution in [0.5, 0.6) is 11.8 Å². The number of aryl methyl sites for hydroxylation is 2. The SMILES string of the molecule is COc1cc(-c2ccc3c(c2NC(=O)N=S(N)(=O)c2cnn4c2OCCC4)CC3)ccn1. The van der Waals surface area contributed by atoms with E-state index in [-0.39, 0.29) is 4.90 Å². The van der Waals surface area contributed by atoms with Gasteiger partial charge in [0, 0.05) is 30.8 Å². The molecule has 3 heterocycles. The summed E-state index contributed by atoms with van der Waals surface area (Å²) in [5.74, 6) is 0.761. The largest absolute Gasteiger partial charge is 0.481 e. The number of aromatic nitrogens is 3. The van der Waals surface area contributed by atoms with Crippen molar-refractivity contribution in [3.05, 3.63) is 47.8 Å². The molecule has 2 aromatic heterocycles. The Kier molecular flexibility index (Phi) is 5.06. The molecule has 0 fully saturated rings.